The molecule has 0 aromatic heterocycles. The summed E-state index contributed by atoms with van der Waals surface area (Å²) in [5.41, 5.74) is 0. The predicted octanol–water partition coefficient (Wildman–Crippen LogP) is 0.283. The fourth-order valence-electron chi connectivity index (χ4n) is 0.132. The molecule has 2 amide bonds. The van der Waals surface area contributed by atoms with Gasteiger partial charge in [-0.05, 0) is 0 Å². The highest BCUT2D eigenvalue weighted by molar-refractivity contribution is 14.1. The third-order valence-electron chi connectivity index (χ3n) is 0.381. The molecule has 0 spiro atoms. The summed E-state index contributed by atoms with van der Waals surface area (Å²) in [6.45, 7) is 0. The Kier molecular flexibility index (Phi) is 4.19. The van der Waals surface area contributed by atoms with Gasteiger partial charge in [-0.3, -0.25) is 0 Å². The molecular formula is C2HBINO4. The number of hydrogen-bond donors (Lipinski definition) is 1. The highest BCUT2D eigenvalue weighted by Gasteiger charge is 2.04. The Hall–Kier alpha value is -0.465. The molecule has 1 N–H and O–H groups in total. The average Bonchev–Trinajstić information content (AvgIpc) is 1.87. The molecule has 0 aliphatic heterocycles. The van der Waals surface area contributed by atoms with Gasteiger partial charge in [-0.2, -0.15) is 0 Å². The van der Waals surface area contributed by atoms with Gasteiger partial charge >= 0.3 is 20.2 Å². The fourth-order valence-corrected chi connectivity index (χ4v) is 0.242. The lowest BCUT2D eigenvalue weighted by molar-refractivity contribution is 0.191. The summed E-state index contributed by atoms with van der Waals surface area (Å²) in [5, 5.41) is 1.62. The molecule has 2 radical (unpaired) electrons. The molecular weight excluding hydrogens is 240 g/mol. The van der Waals surface area contributed by atoms with Crippen LogP contribution in [0.1, 0.15) is 0 Å². The van der Waals surface area contributed by atoms with E-state index >= 15 is 0 Å². The van der Waals surface area contributed by atoms with Crippen molar-refractivity contribution in [2.45, 2.75) is 0 Å². The molecule has 7 heteroatoms. The predicted molar refractivity (Wildman–Crippen MR) is 35.9 cm³/mol. The number of nitrogens with one attached hydrogen (secondary N) is 1. The van der Waals surface area contributed by atoms with Gasteiger partial charge in [0.05, 0.1) is 0 Å². The number of carbonyl (C=O) groups excluding carboxylic acids is 2. The van der Waals surface area contributed by atoms with Gasteiger partial charge in [-0.15, -0.1) is 0 Å². The minimum Gasteiger partial charge on any atom is -0.527 e. The highest BCUT2D eigenvalue weighted by Crippen LogP contribution is 1.85. The fraction of sp³-hybridized carbons (Fsp3) is 0. The maximum absolute atomic E-state index is 10.1. The van der Waals surface area contributed by atoms with Crippen LogP contribution in [0.4, 0.5) is 9.59 Å². The van der Waals surface area contributed by atoms with Crippen molar-refractivity contribution < 1.29 is 17.3 Å². The maximum Gasteiger partial charge on any atom is 0.426 e. The number of halogens is 1. The zero-order valence-corrected chi connectivity index (χ0v) is 6.25. The molecule has 48 valence electrons. The summed E-state index contributed by atoms with van der Waals surface area (Å²) >= 11 is 1.30. The number of carbonyl (C=O) groups is 2. The molecule has 0 unspecified atom stereocenters. The number of imide groups is 1. The second-order valence-corrected chi connectivity index (χ2v) is 1.34. The maximum atomic E-state index is 10.1. The van der Waals surface area contributed by atoms with Crippen molar-refractivity contribution in [1.29, 1.82) is 0 Å². The highest BCUT2D eigenvalue weighted by atomic mass is 127. The van der Waals surface area contributed by atoms with Crippen molar-refractivity contribution in [2.75, 3.05) is 0 Å². The van der Waals surface area contributed by atoms with Crippen LogP contribution in [0.2, 0.25) is 0 Å². The lowest BCUT2D eigenvalue weighted by Gasteiger charge is -1.97. The molecule has 9 heavy (non-hydrogen) atoms. The lowest BCUT2D eigenvalue weighted by Crippen LogP contribution is -2.29. The van der Waals surface area contributed by atoms with E-state index in [1.54, 1.807) is 5.32 Å². The van der Waals surface area contributed by atoms with Crippen LogP contribution in [0.5, 0.6) is 0 Å². The Morgan fingerprint density at radius 3 is 2.33 bits per heavy atom. The number of hydrogen-bond acceptors (Lipinski definition) is 4. The molecule has 0 aromatic rings. The molecule has 0 saturated heterocycles. The summed E-state index contributed by atoms with van der Waals surface area (Å²) in [5.74, 6) is 0. The van der Waals surface area contributed by atoms with Crippen molar-refractivity contribution >= 4 is 43.2 Å². The van der Waals surface area contributed by atoms with E-state index in [0.29, 0.717) is 0 Å². The second kappa shape index (κ2) is 4.42. The first kappa shape index (κ1) is 8.53. The van der Waals surface area contributed by atoms with Crippen LogP contribution in [0.25, 0.3) is 0 Å². The Morgan fingerprint density at radius 2 is 2.00 bits per heavy atom. The van der Waals surface area contributed by atoms with E-state index in [2.05, 4.69) is 15.8 Å². The Morgan fingerprint density at radius 1 is 1.44 bits per heavy atom. The first-order valence-corrected chi connectivity index (χ1v) is 2.59. The van der Waals surface area contributed by atoms with Crippen molar-refractivity contribution in [3.8, 4) is 0 Å². The van der Waals surface area contributed by atoms with Gasteiger partial charge < -0.3 is 7.72 Å². The first-order chi connectivity index (χ1) is 4.20. The lowest BCUT2D eigenvalue weighted by atomic mass is 10.6. The number of amides is 2. The minimum atomic E-state index is -1.06. The molecule has 0 saturated carbocycles. The first-order valence-electron chi connectivity index (χ1n) is 1.71. The molecule has 0 bridgehead atoms. The molecule has 0 fully saturated rings. The third kappa shape index (κ3) is 4.07. The minimum absolute atomic E-state index is 0.925. The van der Waals surface area contributed by atoms with Crippen molar-refractivity contribution in [3.05, 3.63) is 0 Å². The summed E-state index contributed by atoms with van der Waals surface area (Å²) in [7, 11) is 4.35. The largest absolute Gasteiger partial charge is 0.527 e. The Bertz CT molecular complexity index is 114. The average molecular weight is 241 g/mol. The van der Waals surface area contributed by atoms with E-state index in [-0.39, 0.29) is 0 Å². The van der Waals surface area contributed by atoms with Gasteiger partial charge in [0, 0.05) is 0 Å². The van der Waals surface area contributed by atoms with Gasteiger partial charge in [-0.1, -0.05) is 0 Å². The molecule has 0 aliphatic carbocycles. The van der Waals surface area contributed by atoms with Crippen LogP contribution in [0.3, 0.4) is 0 Å². The van der Waals surface area contributed by atoms with E-state index in [1.807, 2.05) is 0 Å². The Labute approximate surface area is 66.2 Å². The van der Waals surface area contributed by atoms with Crippen LogP contribution in [0.15, 0.2) is 0 Å². The van der Waals surface area contributed by atoms with Crippen LogP contribution in [-0.4, -0.2) is 20.2 Å². The van der Waals surface area contributed by atoms with E-state index in [0.717, 1.165) is 0 Å². The summed E-state index contributed by atoms with van der Waals surface area (Å²) in [6, 6.07) is 0. The summed E-state index contributed by atoms with van der Waals surface area (Å²) < 4.78 is 7.55. The third-order valence-corrected chi connectivity index (χ3v) is 0.781. The molecule has 0 aliphatic rings. The van der Waals surface area contributed by atoms with E-state index in [9.17, 15) is 9.59 Å². The standard InChI is InChI=1S/C2HBINO4/c3-8-1(6)5-2(7)9-4/h(H,5,6,7). The smallest absolute Gasteiger partial charge is 0.426 e. The topological polar surface area (TPSA) is 64.6 Å². The van der Waals surface area contributed by atoms with Gasteiger partial charge in [0.15, 0.2) is 23.0 Å². The van der Waals surface area contributed by atoms with Crippen molar-refractivity contribution in [2.24, 2.45) is 0 Å². The van der Waals surface area contributed by atoms with Gasteiger partial charge in [0.1, 0.15) is 0 Å². The zero-order valence-electron chi connectivity index (χ0n) is 4.09. The van der Waals surface area contributed by atoms with E-state index in [4.69, 9.17) is 0 Å². The van der Waals surface area contributed by atoms with Crippen molar-refractivity contribution in [3.63, 3.8) is 0 Å². The summed E-state index contributed by atoms with van der Waals surface area (Å²) in [4.78, 5) is 20.1. The van der Waals surface area contributed by atoms with E-state index < -0.39 is 12.2 Å². The van der Waals surface area contributed by atoms with Gasteiger partial charge in [-0.25, -0.2) is 14.9 Å². The van der Waals surface area contributed by atoms with Crippen molar-refractivity contribution in [1.82, 2.24) is 5.32 Å². The SMILES string of the molecule is [B]OC(=O)NC(=O)OI. The Balaban J connectivity index is 3.47. The quantitative estimate of drug-likeness (QED) is 0.488. The second-order valence-electron chi connectivity index (χ2n) is 0.895. The van der Waals surface area contributed by atoms with Crippen LogP contribution in [0, 0.1) is 0 Å². The molecule has 0 aromatic carbocycles. The van der Waals surface area contributed by atoms with Crippen LogP contribution < -0.4 is 5.32 Å². The zero-order chi connectivity index (χ0) is 7.28. The molecule has 0 atom stereocenters. The molecule has 5 nitrogen and oxygen atoms in total. The van der Waals surface area contributed by atoms with Crippen LogP contribution >= 0.6 is 23.0 Å². The monoisotopic (exact) mass is 241 g/mol. The molecule has 0 heterocycles. The van der Waals surface area contributed by atoms with Crippen LogP contribution in [-0.2, 0) is 7.72 Å². The summed E-state index contributed by atoms with van der Waals surface area (Å²) in [6.07, 6.45) is -1.98. The molecule has 0 rings (SSSR count). The van der Waals surface area contributed by atoms with Gasteiger partial charge in [0.2, 0.25) is 0 Å². The van der Waals surface area contributed by atoms with Gasteiger partial charge in [0.25, 0.3) is 0 Å². The normalized spacial score (nSPS) is 7.67. The van der Waals surface area contributed by atoms with E-state index in [1.165, 1.54) is 23.0 Å². The number of rotatable bonds is 0.